The smallest absolute Gasteiger partial charge is 0.136 e. The van der Waals surface area contributed by atoms with Crippen LogP contribution in [0.4, 0.5) is 17.1 Å². The van der Waals surface area contributed by atoms with Crippen LogP contribution in [0, 0.1) is 0 Å². The van der Waals surface area contributed by atoms with Crippen LogP contribution in [-0.2, 0) is 5.41 Å². The van der Waals surface area contributed by atoms with E-state index in [1.165, 1.54) is 66.4 Å². The molecule has 0 fully saturated rings. The van der Waals surface area contributed by atoms with Crippen LogP contribution in [-0.4, -0.2) is 0 Å². The van der Waals surface area contributed by atoms with Crippen molar-refractivity contribution in [1.29, 1.82) is 0 Å². The standard InChI is InChI=1S/C65H43NO/c1-4-16-44(17-5-1)45-30-35-51(36-31-45)65(50-22-8-3-9-23-50)59-27-15-26-55(48-18-6-2-7-19-48)64(59)58-41-39-53(43-60(58)65)66(61-28-14-21-47-20-10-11-24-54(47)61)52-37-32-46(33-38-52)49-34-40-57-56-25-12-13-29-62(56)67-63(57)42-49/h1-43H. The summed E-state index contributed by atoms with van der Waals surface area (Å²) in [6, 6.07) is 95.3. The quantitative estimate of drug-likeness (QED) is 0.151. The zero-order valence-corrected chi connectivity index (χ0v) is 36.7. The molecule has 2 heteroatoms. The molecule has 67 heavy (non-hydrogen) atoms. The molecular formula is C65H43NO. The number of nitrogens with zero attached hydrogens (tertiary/aromatic N) is 1. The van der Waals surface area contributed by atoms with Gasteiger partial charge < -0.3 is 9.32 Å². The molecule has 0 saturated heterocycles. The summed E-state index contributed by atoms with van der Waals surface area (Å²) in [5, 5.41) is 4.65. The maximum Gasteiger partial charge on any atom is 0.136 e. The molecule has 1 aromatic heterocycles. The second-order valence-corrected chi connectivity index (χ2v) is 17.6. The number of fused-ring (bicyclic) bond motifs is 7. The van der Waals surface area contributed by atoms with E-state index in [1.54, 1.807) is 0 Å². The van der Waals surface area contributed by atoms with Crippen LogP contribution in [0.5, 0.6) is 0 Å². The van der Waals surface area contributed by atoms with Crippen molar-refractivity contribution < 1.29 is 4.42 Å². The predicted molar refractivity (Wildman–Crippen MR) is 280 cm³/mol. The SMILES string of the molecule is c1ccc(-c2ccc(C3(c4ccccc4)c4cc(N(c5ccc(-c6ccc7c(c6)oc6ccccc67)cc5)c5cccc6ccccc56)ccc4-c4c(-c5ccccc5)cccc43)cc2)cc1. The minimum Gasteiger partial charge on any atom is -0.456 e. The van der Waals surface area contributed by atoms with E-state index in [4.69, 9.17) is 4.42 Å². The Balaban J connectivity index is 1.04. The van der Waals surface area contributed by atoms with Gasteiger partial charge in [0.25, 0.3) is 0 Å². The number of rotatable bonds is 8. The topological polar surface area (TPSA) is 16.4 Å². The summed E-state index contributed by atoms with van der Waals surface area (Å²) >= 11 is 0. The van der Waals surface area contributed by atoms with Crippen LogP contribution in [0.1, 0.15) is 22.3 Å². The van der Waals surface area contributed by atoms with Crippen LogP contribution >= 0.6 is 0 Å². The molecule has 12 aromatic rings. The first-order valence-corrected chi connectivity index (χ1v) is 23.1. The summed E-state index contributed by atoms with van der Waals surface area (Å²) in [6.07, 6.45) is 0. The summed E-state index contributed by atoms with van der Waals surface area (Å²) in [5.74, 6) is 0. The van der Waals surface area contributed by atoms with E-state index in [0.717, 1.165) is 50.1 Å². The average molecular weight is 854 g/mol. The number of furan rings is 1. The minimum atomic E-state index is -0.633. The fraction of sp³-hybridized carbons (Fsp3) is 0.0154. The van der Waals surface area contributed by atoms with Crippen molar-refractivity contribution in [1.82, 2.24) is 0 Å². The van der Waals surface area contributed by atoms with E-state index in [0.29, 0.717) is 0 Å². The lowest BCUT2D eigenvalue weighted by atomic mass is 9.67. The summed E-state index contributed by atoms with van der Waals surface area (Å²) in [5.41, 5.74) is 19.0. The fourth-order valence-corrected chi connectivity index (χ4v) is 10.9. The maximum atomic E-state index is 6.32. The van der Waals surface area contributed by atoms with Crippen LogP contribution in [0.2, 0.25) is 0 Å². The molecule has 11 aromatic carbocycles. The second-order valence-electron chi connectivity index (χ2n) is 17.6. The number of benzene rings is 11. The molecule has 314 valence electrons. The van der Waals surface area contributed by atoms with Crippen molar-refractivity contribution in [3.05, 3.63) is 283 Å². The van der Waals surface area contributed by atoms with Crippen molar-refractivity contribution in [2.24, 2.45) is 0 Å². The van der Waals surface area contributed by atoms with Gasteiger partial charge in [0, 0.05) is 27.5 Å². The van der Waals surface area contributed by atoms with Crippen molar-refractivity contribution in [2.75, 3.05) is 4.90 Å². The molecule has 2 nitrogen and oxygen atoms in total. The van der Waals surface area contributed by atoms with Gasteiger partial charge >= 0.3 is 0 Å². The van der Waals surface area contributed by atoms with Gasteiger partial charge in [0.15, 0.2) is 0 Å². The Morgan fingerprint density at radius 2 is 0.881 bits per heavy atom. The van der Waals surface area contributed by atoms with E-state index in [1.807, 2.05) is 12.1 Å². The maximum absolute atomic E-state index is 6.32. The summed E-state index contributed by atoms with van der Waals surface area (Å²) in [4.78, 5) is 2.45. The van der Waals surface area contributed by atoms with E-state index >= 15 is 0 Å². The normalized spacial score (nSPS) is 14.0. The van der Waals surface area contributed by atoms with Gasteiger partial charge in [-0.1, -0.05) is 212 Å². The zero-order chi connectivity index (χ0) is 44.3. The molecule has 1 heterocycles. The summed E-state index contributed by atoms with van der Waals surface area (Å²) in [7, 11) is 0. The summed E-state index contributed by atoms with van der Waals surface area (Å²) in [6.45, 7) is 0. The number of para-hydroxylation sites is 1. The lowest BCUT2D eigenvalue weighted by molar-refractivity contribution is 0.669. The predicted octanol–water partition coefficient (Wildman–Crippen LogP) is 17.6. The number of anilines is 3. The monoisotopic (exact) mass is 853 g/mol. The molecule has 1 unspecified atom stereocenters. The number of hydrogen-bond donors (Lipinski definition) is 0. The highest BCUT2D eigenvalue weighted by molar-refractivity contribution is 6.06. The fourth-order valence-electron chi connectivity index (χ4n) is 10.9. The highest BCUT2D eigenvalue weighted by Crippen LogP contribution is 2.59. The first-order valence-electron chi connectivity index (χ1n) is 23.1. The van der Waals surface area contributed by atoms with Crippen LogP contribution in [0.25, 0.3) is 77.2 Å². The molecular weight excluding hydrogens is 811 g/mol. The van der Waals surface area contributed by atoms with Gasteiger partial charge in [0.05, 0.1) is 11.1 Å². The largest absolute Gasteiger partial charge is 0.456 e. The Morgan fingerprint density at radius 1 is 0.313 bits per heavy atom. The van der Waals surface area contributed by atoms with Gasteiger partial charge in [-0.25, -0.2) is 0 Å². The molecule has 1 aliphatic rings. The molecule has 0 amide bonds. The zero-order valence-electron chi connectivity index (χ0n) is 36.7. The van der Waals surface area contributed by atoms with Gasteiger partial charge in [0.1, 0.15) is 11.2 Å². The third kappa shape index (κ3) is 6.26. The second kappa shape index (κ2) is 15.8. The summed E-state index contributed by atoms with van der Waals surface area (Å²) < 4.78 is 6.32. The van der Waals surface area contributed by atoms with E-state index in [9.17, 15) is 0 Å². The third-order valence-corrected chi connectivity index (χ3v) is 14.0. The van der Waals surface area contributed by atoms with Crippen LogP contribution in [0.15, 0.2) is 265 Å². The van der Waals surface area contributed by atoms with E-state index in [2.05, 4.69) is 254 Å². The van der Waals surface area contributed by atoms with Crippen molar-refractivity contribution in [3.63, 3.8) is 0 Å². The van der Waals surface area contributed by atoms with E-state index < -0.39 is 5.41 Å². The van der Waals surface area contributed by atoms with Gasteiger partial charge in [-0.05, 0) is 121 Å². The third-order valence-electron chi connectivity index (χ3n) is 14.0. The minimum absolute atomic E-state index is 0.633. The Hall–Kier alpha value is -8.72. The first-order chi connectivity index (χ1) is 33.2. The van der Waals surface area contributed by atoms with Gasteiger partial charge in [-0.2, -0.15) is 0 Å². The Morgan fingerprint density at radius 3 is 1.67 bits per heavy atom. The van der Waals surface area contributed by atoms with Gasteiger partial charge in [0.2, 0.25) is 0 Å². The van der Waals surface area contributed by atoms with Crippen LogP contribution in [0.3, 0.4) is 0 Å². The van der Waals surface area contributed by atoms with E-state index in [-0.39, 0.29) is 0 Å². The van der Waals surface area contributed by atoms with Crippen molar-refractivity contribution in [2.45, 2.75) is 5.41 Å². The van der Waals surface area contributed by atoms with Crippen LogP contribution < -0.4 is 4.90 Å². The molecule has 1 atom stereocenters. The van der Waals surface area contributed by atoms with Gasteiger partial charge in [-0.3, -0.25) is 0 Å². The molecule has 0 spiro atoms. The first kappa shape index (κ1) is 38.7. The van der Waals surface area contributed by atoms with Crippen molar-refractivity contribution >= 4 is 49.8 Å². The highest BCUT2D eigenvalue weighted by Gasteiger charge is 2.47. The van der Waals surface area contributed by atoms with Gasteiger partial charge in [-0.15, -0.1) is 0 Å². The lowest BCUT2D eigenvalue weighted by Crippen LogP contribution is -2.28. The molecule has 0 aliphatic heterocycles. The Labute approximate surface area is 390 Å². The average Bonchev–Trinajstić information content (AvgIpc) is 3.93. The molecule has 0 bridgehead atoms. The number of hydrogen-bond acceptors (Lipinski definition) is 2. The lowest BCUT2D eigenvalue weighted by Gasteiger charge is -2.35. The Kier molecular flexibility index (Phi) is 9.11. The molecule has 0 radical (unpaired) electrons. The molecule has 1 aliphatic carbocycles. The highest BCUT2D eigenvalue weighted by atomic mass is 16.3. The molecule has 0 saturated carbocycles. The molecule has 0 N–H and O–H groups in total. The Bertz CT molecular complexity index is 3770. The van der Waals surface area contributed by atoms with Crippen molar-refractivity contribution in [3.8, 4) is 44.5 Å². The molecule has 13 rings (SSSR count).